The van der Waals surface area contributed by atoms with Gasteiger partial charge in [-0.2, -0.15) is 4.98 Å². The highest BCUT2D eigenvalue weighted by Crippen LogP contribution is 2.23. The number of aromatic nitrogens is 5. The molecule has 1 atom stereocenters. The van der Waals surface area contributed by atoms with Gasteiger partial charge >= 0.3 is 5.69 Å². The van der Waals surface area contributed by atoms with Crippen LogP contribution in [-0.4, -0.2) is 35.8 Å². The summed E-state index contributed by atoms with van der Waals surface area (Å²) in [5.41, 5.74) is 5.31. The van der Waals surface area contributed by atoms with Gasteiger partial charge in [0.25, 0.3) is 5.56 Å². The van der Waals surface area contributed by atoms with Crippen molar-refractivity contribution in [2.45, 2.75) is 59.7 Å². The number of benzene rings is 1. The molecule has 1 aliphatic heterocycles. The van der Waals surface area contributed by atoms with Crippen LogP contribution in [0.2, 0.25) is 0 Å². The van der Waals surface area contributed by atoms with Crippen LogP contribution in [0.5, 0.6) is 0 Å². The summed E-state index contributed by atoms with van der Waals surface area (Å²) < 4.78 is 12.7. The highest BCUT2D eigenvalue weighted by molar-refractivity contribution is 5.76. The lowest BCUT2D eigenvalue weighted by molar-refractivity contribution is 0.0974. The molecular formula is C24H29N5O3. The summed E-state index contributed by atoms with van der Waals surface area (Å²) in [5, 5.41) is 0. The second-order valence-electron chi connectivity index (χ2n) is 9.00. The van der Waals surface area contributed by atoms with Crippen molar-refractivity contribution in [3.63, 3.8) is 0 Å². The van der Waals surface area contributed by atoms with E-state index in [2.05, 4.69) is 4.57 Å². The van der Waals surface area contributed by atoms with Crippen LogP contribution in [0.25, 0.3) is 16.9 Å². The first-order valence-corrected chi connectivity index (χ1v) is 11.1. The minimum atomic E-state index is -0.357. The third kappa shape index (κ3) is 3.04. The third-order valence-corrected chi connectivity index (χ3v) is 6.87. The molecule has 32 heavy (non-hydrogen) atoms. The predicted octanol–water partition coefficient (Wildman–Crippen LogP) is 2.61. The molecule has 1 unspecified atom stereocenters. The fraction of sp³-hybridized carbons (Fsp3) is 0.458. The van der Waals surface area contributed by atoms with Crippen LogP contribution in [0, 0.1) is 27.7 Å². The largest absolute Gasteiger partial charge is 0.376 e. The predicted molar refractivity (Wildman–Crippen MR) is 124 cm³/mol. The minimum absolute atomic E-state index is 0.147. The Kier molecular flexibility index (Phi) is 4.85. The van der Waals surface area contributed by atoms with E-state index in [1.165, 1.54) is 9.13 Å². The monoisotopic (exact) mass is 435 g/mol. The Morgan fingerprint density at radius 3 is 2.59 bits per heavy atom. The van der Waals surface area contributed by atoms with Crippen molar-refractivity contribution in [2.24, 2.45) is 7.05 Å². The van der Waals surface area contributed by atoms with Crippen molar-refractivity contribution < 1.29 is 4.74 Å². The van der Waals surface area contributed by atoms with Gasteiger partial charge in [0.15, 0.2) is 11.2 Å². The summed E-state index contributed by atoms with van der Waals surface area (Å²) in [6, 6.07) is 6.09. The summed E-state index contributed by atoms with van der Waals surface area (Å²) in [7, 11) is 1.68. The molecule has 1 aromatic carbocycles. The molecule has 0 spiro atoms. The molecule has 3 aromatic heterocycles. The maximum absolute atomic E-state index is 13.6. The van der Waals surface area contributed by atoms with Gasteiger partial charge in [0.05, 0.1) is 19.2 Å². The number of rotatable bonds is 4. The summed E-state index contributed by atoms with van der Waals surface area (Å²) in [6.07, 6.45) is 2.23. The highest BCUT2D eigenvalue weighted by Gasteiger charge is 2.25. The average molecular weight is 436 g/mol. The second kappa shape index (κ2) is 7.48. The molecular weight excluding hydrogens is 406 g/mol. The number of hydrogen-bond donors (Lipinski definition) is 0. The number of aryl methyl sites for hydroxylation is 4. The van der Waals surface area contributed by atoms with E-state index >= 15 is 0 Å². The molecule has 0 amide bonds. The van der Waals surface area contributed by atoms with E-state index < -0.39 is 0 Å². The molecule has 0 saturated carbocycles. The first kappa shape index (κ1) is 20.8. The number of ether oxygens (including phenoxy) is 1. The van der Waals surface area contributed by atoms with E-state index in [1.807, 2.05) is 50.3 Å². The molecule has 4 heterocycles. The molecule has 8 heteroatoms. The van der Waals surface area contributed by atoms with Gasteiger partial charge in [0.1, 0.15) is 0 Å². The zero-order valence-corrected chi connectivity index (χ0v) is 19.3. The number of fused-ring (bicyclic) bond motifs is 3. The van der Waals surface area contributed by atoms with Gasteiger partial charge < -0.3 is 9.30 Å². The maximum Gasteiger partial charge on any atom is 0.332 e. The van der Waals surface area contributed by atoms with Crippen molar-refractivity contribution >= 4 is 16.9 Å². The molecule has 0 aliphatic carbocycles. The molecule has 8 nitrogen and oxygen atoms in total. The van der Waals surface area contributed by atoms with Crippen molar-refractivity contribution in [3.8, 4) is 0 Å². The molecule has 1 saturated heterocycles. The van der Waals surface area contributed by atoms with Crippen LogP contribution in [0.3, 0.4) is 0 Å². The van der Waals surface area contributed by atoms with Crippen molar-refractivity contribution in [1.29, 1.82) is 0 Å². The Morgan fingerprint density at radius 2 is 1.88 bits per heavy atom. The van der Waals surface area contributed by atoms with Gasteiger partial charge in [-0.15, -0.1) is 0 Å². The van der Waals surface area contributed by atoms with E-state index in [9.17, 15) is 9.59 Å². The van der Waals surface area contributed by atoms with Gasteiger partial charge in [0, 0.05) is 25.0 Å². The van der Waals surface area contributed by atoms with Gasteiger partial charge in [-0.05, 0) is 51.7 Å². The number of nitrogens with zero attached hydrogens (tertiary/aromatic N) is 5. The van der Waals surface area contributed by atoms with Gasteiger partial charge in [-0.25, -0.2) is 4.79 Å². The van der Waals surface area contributed by atoms with E-state index in [1.54, 1.807) is 7.05 Å². The fourth-order valence-corrected chi connectivity index (χ4v) is 4.81. The third-order valence-electron chi connectivity index (χ3n) is 6.87. The summed E-state index contributed by atoms with van der Waals surface area (Å²) in [5.74, 6) is 0.682. The van der Waals surface area contributed by atoms with E-state index in [0.717, 1.165) is 47.5 Å². The van der Waals surface area contributed by atoms with Crippen LogP contribution < -0.4 is 11.2 Å². The van der Waals surface area contributed by atoms with Gasteiger partial charge in [-0.1, -0.05) is 23.8 Å². The summed E-state index contributed by atoms with van der Waals surface area (Å²) in [6.45, 7) is 9.76. The molecule has 168 valence electrons. The van der Waals surface area contributed by atoms with Crippen molar-refractivity contribution in [3.05, 3.63) is 67.1 Å². The molecule has 0 radical (unpaired) electrons. The van der Waals surface area contributed by atoms with Crippen LogP contribution in [0.1, 0.15) is 40.9 Å². The summed E-state index contributed by atoms with van der Waals surface area (Å²) >= 11 is 0. The smallest absolute Gasteiger partial charge is 0.332 e. The van der Waals surface area contributed by atoms with Gasteiger partial charge in [-0.3, -0.25) is 18.3 Å². The molecule has 0 bridgehead atoms. The Bertz CT molecular complexity index is 1480. The first-order valence-electron chi connectivity index (χ1n) is 11.1. The lowest BCUT2D eigenvalue weighted by atomic mass is 10.1. The molecule has 1 fully saturated rings. The standard InChI is InChI=1S/C24H29N5O3/c1-14-8-9-15(2)18(11-14)12-28-22(30)20-21(26(5)24(28)31)25-23-27(13-19-7-6-10-32-19)16(3)17(4)29(20)23/h8-9,11,19H,6-7,10,12-13H2,1-5H3. The molecule has 5 rings (SSSR count). The number of hydrogen-bond acceptors (Lipinski definition) is 4. The van der Waals surface area contributed by atoms with Crippen LogP contribution >= 0.6 is 0 Å². The van der Waals surface area contributed by atoms with E-state index in [-0.39, 0.29) is 23.9 Å². The van der Waals surface area contributed by atoms with Crippen LogP contribution in [0.15, 0.2) is 27.8 Å². The summed E-state index contributed by atoms with van der Waals surface area (Å²) in [4.78, 5) is 31.6. The topological polar surface area (TPSA) is 75.5 Å². The van der Waals surface area contributed by atoms with Gasteiger partial charge in [0.2, 0.25) is 5.78 Å². The van der Waals surface area contributed by atoms with Crippen molar-refractivity contribution in [1.82, 2.24) is 23.1 Å². The normalized spacial score (nSPS) is 16.6. The number of imidazole rings is 2. The van der Waals surface area contributed by atoms with Crippen LogP contribution in [0.4, 0.5) is 0 Å². The maximum atomic E-state index is 13.6. The van der Waals surface area contributed by atoms with E-state index in [0.29, 0.717) is 23.5 Å². The Balaban J connectivity index is 1.74. The second-order valence-corrected chi connectivity index (χ2v) is 9.00. The zero-order valence-electron chi connectivity index (χ0n) is 19.3. The fourth-order valence-electron chi connectivity index (χ4n) is 4.81. The minimum Gasteiger partial charge on any atom is -0.376 e. The zero-order chi connectivity index (χ0) is 22.7. The Hall–Kier alpha value is -3.13. The molecule has 1 aliphatic rings. The Labute approximate surface area is 185 Å². The van der Waals surface area contributed by atoms with Crippen LogP contribution in [-0.2, 0) is 24.9 Å². The van der Waals surface area contributed by atoms with E-state index in [4.69, 9.17) is 9.72 Å². The lowest BCUT2D eigenvalue weighted by Gasteiger charge is -2.12. The first-order chi connectivity index (χ1) is 15.3. The highest BCUT2D eigenvalue weighted by atomic mass is 16.5. The van der Waals surface area contributed by atoms with Crippen molar-refractivity contribution in [2.75, 3.05) is 6.61 Å². The molecule has 4 aromatic rings. The lowest BCUT2D eigenvalue weighted by Crippen LogP contribution is -2.39. The quantitative estimate of drug-likeness (QED) is 0.494. The average Bonchev–Trinajstić information content (AvgIpc) is 3.47. The Morgan fingerprint density at radius 1 is 1.09 bits per heavy atom. The SMILES string of the molecule is Cc1ccc(C)c(Cn2c(=O)c3c(nc4n(CC5CCCO5)c(C)c(C)n34)n(C)c2=O)c1. The molecule has 0 N–H and O–H groups in total.